The van der Waals surface area contributed by atoms with E-state index >= 15 is 0 Å². The average molecular weight is 269 g/mol. The van der Waals surface area contributed by atoms with Crippen LogP contribution in [0.25, 0.3) is 10.8 Å². The fraction of sp³-hybridized carbons (Fsp3) is 0.471. The first-order chi connectivity index (χ1) is 9.70. The zero-order chi connectivity index (χ0) is 14.1. The highest BCUT2D eigenvalue weighted by molar-refractivity contribution is 5.94. The molecular weight excluding hydrogens is 246 g/mol. The van der Waals surface area contributed by atoms with Crippen molar-refractivity contribution in [1.29, 1.82) is 0 Å². The Labute approximate surface area is 121 Å². The van der Waals surface area contributed by atoms with Gasteiger partial charge in [-0.1, -0.05) is 38.1 Å². The van der Waals surface area contributed by atoms with Gasteiger partial charge < -0.3 is 10.2 Å². The highest BCUT2D eigenvalue weighted by Gasteiger charge is 2.27. The van der Waals surface area contributed by atoms with Crippen LogP contribution in [-0.2, 0) is 6.54 Å². The lowest BCUT2D eigenvalue weighted by molar-refractivity contribution is 0.494. The average Bonchev–Trinajstić information content (AvgIpc) is 2.79. The summed E-state index contributed by atoms with van der Waals surface area (Å²) in [4.78, 5) is 7.21. The SMILES string of the molecule is CNCc1cnc(N2CC(C)C(C)C2)c2ccccc12. The number of hydrogen-bond acceptors (Lipinski definition) is 3. The van der Waals surface area contributed by atoms with Gasteiger partial charge >= 0.3 is 0 Å². The minimum absolute atomic E-state index is 0.743. The van der Waals surface area contributed by atoms with Crippen LogP contribution in [0.5, 0.6) is 0 Å². The molecule has 2 heterocycles. The van der Waals surface area contributed by atoms with Crippen molar-refractivity contribution >= 4 is 16.6 Å². The molecule has 0 radical (unpaired) electrons. The number of rotatable bonds is 3. The molecule has 1 fully saturated rings. The van der Waals surface area contributed by atoms with Crippen LogP contribution in [0.15, 0.2) is 30.5 Å². The van der Waals surface area contributed by atoms with E-state index in [0.29, 0.717) is 0 Å². The van der Waals surface area contributed by atoms with Crippen molar-refractivity contribution in [3.05, 3.63) is 36.0 Å². The number of anilines is 1. The summed E-state index contributed by atoms with van der Waals surface area (Å²) in [5, 5.41) is 5.82. The molecule has 1 aromatic carbocycles. The van der Waals surface area contributed by atoms with Crippen LogP contribution in [0.1, 0.15) is 19.4 Å². The van der Waals surface area contributed by atoms with Gasteiger partial charge in [0.25, 0.3) is 0 Å². The van der Waals surface area contributed by atoms with E-state index in [2.05, 4.69) is 48.3 Å². The van der Waals surface area contributed by atoms with E-state index < -0.39 is 0 Å². The van der Waals surface area contributed by atoms with E-state index in [1.807, 2.05) is 13.2 Å². The molecule has 1 N–H and O–H groups in total. The monoisotopic (exact) mass is 269 g/mol. The Morgan fingerprint density at radius 3 is 2.45 bits per heavy atom. The second-order valence-corrected chi connectivity index (χ2v) is 6.04. The molecule has 2 atom stereocenters. The van der Waals surface area contributed by atoms with Crippen molar-refractivity contribution in [2.75, 3.05) is 25.0 Å². The molecule has 3 nitrogen and oxygen atoms in total. The van der Waals surface area contributed by atoms with Gasteiger partial charge in [-0.25, -0.2) is 4.98 Å². The van der Waals surface area contributed by atoms with E-state index in [9.17, 15) is 0 Å². The normalized spacial score (nSPS) is 22.6. The fourth-order valence-electron chi connectivity index (χ4n) is 3.12. The predicted octanol–water partition coefficient (Wildman–Crippen LogP) is 3.05. The second kappa shape index (κ2) is 5.41. The Hall–Kier alpha value is -1.61. The molecular formula is C17H23N3. The molecule has 1 aliphatic rings. The molecule has 0 saturated carbocycles. The number of nitrogens with one attached hydrogen (secondary N) is 1. The summed E-state index contributed by atoms with van der Waals surface area (Å²) in [6, 6.07) is 8.63. The molecule has 0 spiro atoms. The fourth-order valence-corrected chi connectivity index (χ4v) is 3.12. The molecule has 1 saturated heterocycles. The Balaban J connectivity index is 2.06. The molecule has 0 amide bonds. The summed E-state index contributed by atoms with van der Waals surface area (Å²) < 4.78 is 0. The van der Waals surface area contributed by atoms with Gasteiger partial charge in [0.1, 0.15) is 5.82 Å². The van der Waals surface area contributed by atoms with Gasteiger partial charge in [0.2, 0.25) is 0 Å². The lowest BCUT2D eigenvalue weighted by atomic mass is 10.0. The topological polar surface area (TPSA) is 28.2 Å². The summed E-state index contributed by atoms with van der Waals surface area (Å²) in [6.07, 6.45) is 2.03. The van der Waals surface area contributed by atoms with Gasteiger partial charge in [0.15, 0.2) is 0 Å². The highest BCUT2D eigenvalue weighted by atomic mass is 15.2. The van der Waals surface area contributed by atoms with Crippen LogP contribution >= 0.6 is 0 Å². The van der Waals surface area contributed by atoms with Gasteiger partial charge in [-0.15, -0.1) is 0 Å². The molecule has 3 heteroatoms. The summed E-state index contributed by atoms with van der Waals surface area (Å²) in [6.45, 7) is 7.76. The summed E-state index contributed by atoms with van der Waals surface area (Å²) in [5.74, 6) is 2.64. The molecule has 0 aliphatic carbocycles. The first kappa shape index (κ1) is 13.4. The minimum Gasteiger partial charge on any atom is -0.356 e. The maximum absolute atomic E-state index is 4.76. The van der Waals surface area contributed by atoms with Crippen LogP contribution in [0.2, 0.25) is 0 Å². The third-order valence-corrected chi connectivity index (χ3v) is 4.51. The summed E-state index contributed by atoms with van der Waals surface area (Å²) >= 11 is 0. The quantitative estimate of drug-likeness (QED) is 0.928. The van der Waals surface area contributed by atoms with E-state index in [1.54, 1.807) is 0 Å². The first-order valence-electron chi connectivity index (χ1n) is 7.47. The molecule has 20 heavy (non-hydrogen) atoms. The maximum atomic E-state index is 4.76. The van der Waals surface area contributed by atoms with Crippen molar-refractivity contribution < 1.29 is 0 Å². The first-order valence-corrected chi connectivity index (χ1v) is 7.47. The Kier molecular flexibility index (Phi) is 3.62. The standard InChI is InChI=1S/C17H23N3/c1-12-10-20(11-13(12)2)17-16-7-5-4-6-15(16)14(8-18-3)9-19-17/h4-7,9,12-13,18H,8,10-11H2,1-3H3. The van der Waals surface area contributed by atoms with Crippen LogP contribution < -0.4 is 10.2 Å². The van der Waals surface area contributed by atoms with Gasteiger partial charge in [0, 0.05) is 31.2 Å². The number of nitrogens with zero attached hydrogens (tertiary/aromatic N) is 2. The van der Waals surface area contributed by atoms with Crippen molar-refractivity contribution in [2.24, 2.45) is 11.8 Å². The van der Waals surface area contributed by atoms with Crippen molar-refractivity contribution in [1.82, 2.24) is 10.3 Å². The van der Waals surface area contributed by atoms with Crippen molar-refractivity contribution in [2.45, 2.75) is 20.4 Å². The van der Waals surface area contributed by atoms with E-state index in [-0.39, 0.29) is 0 Å². The minimum atomic E-state index is 0.743. The number of benzene rings is 1. The van der Waals surface area contributed by atoms with E-state index in [1.165, 1.54) is 16.3 Å². The van der Waals surface area contributed by atoms with E-state index in [0.717, 1.165) is 37.3 Å². The smallest absolute Gasteiger partial charge is 0.136 e. The molecule has 2 aromatic rings. The molecule has 3 rings (SSSR count). The van der Waals surface area contributed by atoms with Gasteiger partial charge in [-0.2, -0.15) is 0 Å². The molecule has 2 unspecified atom stereocenters. The Bertz CT molecular complexity index is 598. The largest absolute Gasteiger partial charge is 0.356 e. The molecule has 1 aliphatic heterocycles. The molecule has 1 aromatic heterocycles. The predicted molar refractivity (Wildman–Crippen MR) is 85.0 cm³/mol. The zero-order valence-corrected chi connectivity index (χ0v) is 12.6. The third-order valence-electron chi connectivity index (χ3n) is 4.51. The lowest BCUT2D eigenvalue weighted by Gasteiger charge is -2.20. The van der Waals surface area contributed by atoms with Crippen LogP contribution in [0.4, 0.5) is 5.82 Å². The Morgan fingerprint density at radius 2 is 1.80 bits per heavy atom. The molecule has 106 valence electrons. The third kappa shape index (κ3) is 2.27. The molecule has 0 bridgehead atoms. The van der Waals surface area contributed by atoms with Gasteiger partial charge in [0.05, 0.1) is 0 Å². The summed E-state index contributed by atoms with van der Waals surface area (Å²) in [5.41, 5.74) is 1.27. The van der Waals surface area contributed by atoms with Gasteiger partial charge in [-0.3, -0.25) is 0 Å². The van der Waals surface area contributed by atoms with E-state index in [4.69, 9.17) is 4.98 Å². The highest BCUT2D eigenvalue weighted by Crippen LogP contribution is 2.32. The lowest BCUT2D eigenvalue weighted by Crippen LogP contribution is -2.21. The number of hydrogen-bond donors (Lipinski definition) is 1. The number of pyridine rings is 1. The van der Waals surface area contributed by atoms with Crippen molar-refractivity contribution in [3.63, 3.8) is 0 Å². The van der Waals surface area contributed by atoms with Crippen LogP contribution in [-0.4, -0.2) is 25.1 Å². The number of aromatic nitrogens is 1. The van der Waals surface area contributed by atoms with Crippen LogP contribution in [0, 0.1) is 11.8 Å². The van der Waals surface area contributed by atoms with Gasteiger partial charge in [-0.05, 0) is 29.8 Å². The van der Waals surface area contributed by atoms with Crippen molar-refractivity contribution in [3.8, 4) is 0 Å². The maximum Gasteiger partial charge on any atom is 0.136 e. The van der Waals surface area contributed by atoms with Crippen LogP contribution in [0.3, 0.4) is 0 Å². The summed E-state index contributed by atoms with van der Waals surface area (Å²) in [7, 11) is 1.98. The zero-order valence-electron chi connectivity index (χ0n) is 12.6. The Morgan fingerprint density at radius 1 is 1.15 bits per heavy atom. The second-order valence-electron chi connectivity index (χ2n) is 6.04. The number of fused-ring (bicyclic) bond motifs is 1.